The molecule has 0 spiro atoms. The number of quaternary nitrogens is 1. The van der Waals surface area contributed by atoms with Gasteiger partial charge in [-0.1, -0.05) is 36.4 Å². The molecule has 5 heteroatoms. The number of pyridine rings is 1. The number of aryl methyl sites for hydroxylation is 1. The van der Waals surface area contributed by atoms with Gasteiger partial charge < -0.3 is 4.48 Å². The second-order valence-corrected chi connectivity index (χ2v) is 8.92. The van der Waals surface area contributed by atoms with Crippen LogP contribution in [0.2, 0.25) is 0 Å². The summed E-state index contributed by atoms with van der Waals surface area (Å²) in [6.07, 6.45) is 3.85. The van der Waals surface area contributed by atoms with E-state index >= 15 is 0 Å². The largest absolute Gasteiger partial charge is 0.330 e. The van der Waals surface area contributed by atoms with Gasteiger partial charge in [-0.15, -0.1) is 0 Å². The lowest BCUT2D eigenvalue weighted by molar-refractivity contribution is -0.895. The lowest BCUT2D eigenvalue weighted by Gasteiger charge is -2.37. The molecule has 2 aromatic heterocycles. The first kappa shape index (κ1) is 18.1. The fraction of sp³-hybridized carbons (Fsp3) is 0.333. The number of aromatic nitrogens is 3. The fourth-order valence-corrected chi connectivity index (χ4v) is 4.73. The Morgan fingerprint density at radius 3 is 2.48 bits per heavy atom. The Kier molecular flexibility index (Phi) is 4.10. The minimum atomic E-state index is 0.0398. The average Bonchev–Trinajstić information content (AvgIpc) is 2.98. The van der Waals surface area contributed by atoms with Gasteiger partial charge in [0, 0.05) is 31.6 Å². The van der Waals surface area contributed by atoms with Crippen LogP contribution >= 0.6 is 0 Å². The summed E-state index contributed by atoms with van der Waals surface area (Å²) in [5.74, 6) is 0. The molecule has 1 fully saturated rings. The van der Waals surface area contributed by atoms with Crippen molar-refractivity contribution in [3.05, 3.63) is 65.2 Å². The highest BCUT2D eigenvalue weighted by molar-refractivity contribution is 5.94. The maximum atomic E-state index is 13.2. The molecule has 0 saturated carbocycles. The standard InChI is InChI=1S/C24H27N4O/c1-26-22-21(19-9-8-17-6-4-5-7-18(17)16-19)10-13-25-23(22)27(24(26)29)20-11-14-28(2,3)15-12-20/h4-10,13,16,20H,11-12,14-15H2,1-3H3/q+1. The zero-order valence-corrected chi connectivity index (χ0v) is 17.3. The Morgan fingerprint density at radius 1 is 1.00 bits per heavy atom. The number of nitrogens with zero attached hydrogens (tertiary/aromatic N) is 4. The third kappa shape index (κ3) is 2.97. The van der Waals surface area contributed by atoms with Crippen LogP contribution in [0.3, 0.4) is 0 Å². The molecular weight excluding hydrogens is 360 g/mol. The maximum Gasteiger partial charge on any atom is 0.330 e. The molecule has 29 heavy (non-hydrogen) atoms. The highest BCUT2D eigenvalue weighted by Gasteiger charge is 2.30. The molecular formula is C24H27N4O+. The van der Waals surface area contributed by atoms with Crippen molar-refractivity contribution in [1.82, 2.24) is 14.1 Å². The summed E-state index contributed by atoms with van der Waals surface area (Å²) in [6.45, 7) is 2.16. The number of hydrogen-bond acceptors (Lipinski definition) is 2. The van der Waals surface area contributed by atoms with Gasteiger partial charge in [-0.2, -0.15) is 0 Å². The van der Waals surface area contributed by atoms with Crippen molar-refractivity contribution < 1.29 is 4.48 Å². The van der Waals surface area contributed by atoms with Gasteiger partial charge in [-0.25, -0.2) is 9.78 Å². The predicted octanol–water partition coefficient (Wildman–Crippen LogP) is 3.97. The Labute approximate surface area is 170 Å². The predicted molar refractivity (Wildman–Crippen MR) is 118 cm³/mol. The summed E-state index contributed by atoms with van der Waals surface area (Å²) >= 11 is 0. The third-order valence-electron chi connectivity index (χ3n) is 6.52. The van der Waals surface area contributed by atoms with Crippen LogP contribution in [0.4, 0.5) is 0 Å². The molecule has 0 aliphatic carbocycles. The molecule has 0 N–H and O–H groups in total. The van der Waals surface area contributed by atoms with Crippen LogP contribution in [0, 0.1) is 0 Å². The van der Waals surface area contributed by atoms with E-state index in [1.165, 1.54) is 10.8 Å². The van der Waals surface area contributed by atoms with Crippen molar-refractivity contribution in [3.8, 4) is 11.1 Å². The Hall–Kier alpha value is -2.92. The molecule has 0 atom stereocenters. The van der Waals surface area contributed by atoms with Gasteiger partial charge in [-0.3, -0.25) is 9.13 Å². The van der Waals surface area contributed by atoms with Gasteiger partial charge in [-0.05, 0) is 28.5 Å². The molecule has 1 aliphatic rings. The zero-order valence-electron chi connectivity index (χ0n) is 17.3. The maximum absolute atomic E-state index is 13.2. The number of hydrogen-bond donors (Lipinski definition) is 0. The monoisotopic (exact) mass is 387 g/mol. The number of fused-ring (bicyclic) bond motifs is 2. The van der Waals surface area contributed by atoms with Gasteiger partial charge in [0.2, 0.25) is 0 Å². The van der Waals surface area contributed by atoms with E-state index < -0.39 is 0 Å². The Bertz CT molecular complexity index is 1270. The van der Waals surface area contributed by atoms with Crippen LogP contribution in [0.25, 0.3) is 33.1 Å². The summed E-state index contributed by atoms with van der Waals surface area (Å²) in [6, 6.07) is 17.1. The van der Waals surface area contributed by atoms with E-state index in [1.54, 1.807) is 4.57 Å². The van der Waals surface area contributed by atoms with Crippen LogP contribution in [0.1, 0.15) is 18.9 Å². The summed E-state index contributed by atoms with van der Waals surface area (Å²) < 4.78 is 4.74. The molecule has 0 bridgehead atoms. The minimum absolute atomic E-state index is 0.0398. The van der Waals surface area contributed by atoms with E-state index in [4.69, 9.17) is 0 Å². The Balaban J connectivity index is 1.68. The van der Waals surface area contributed by atoms with Crippen molar-refractivity contribution in [2.45, 2.75) is 18.9 Å². The third-order valence-corrected chi connectivity index (χ3v) is 6.52. The number of likely N-dealkylation sites (tertiary alicyclic amines) is 1. The normalized spacial score (nSPS) is 17.2. The van der Waals surface area contributed by atoms with Gasteiger partial charge >= 0.3 is 5.69 Å². The first-order valence-corrected chi connectivity index (χ1v) is 10.3. The van der Waals surface area contributed by atoms with E-state index in [0.29, 0.717) is 0 Å². The molecule has 3 heterocycles. The molecule has 0 amide bonds. The smallest absolute Gasteiger partial charge is 0.328 e. The summed E-state index contributed by atoms with van der Waals surface area (Å²) in [5, 5.41) is 2.42. The first-order chi connectivity index (χ1) is 13.9. The van der Waals surface area contributed by atoms with E-state index in [-0.39, 0.29) is 11.7 Å². The lowest BCUT2D eigenvalue weighted by Crippen LogP contribution is -2.47. The van der Waals surface area contributed by atoms with Crippen LogP contribution < -0.4 is 5.69 Å². The van der Waals surface area contributed by atoms with Gasteiger partial charge in [0.15, 0.2) is 5.65 Å². The first-order valence-electron chi connectivity index (χ1n) is 10.3. The quantitative estimate of drug-likeness (QED) is 0.488. The minimum Gasteiger partial charge on any atom is -0.328 e. The zero-order chi connectivity index (χ0) is 20.2. The highest BCUT2D eigenvalue weighted by Crippen LogP contribution is 2.32. The molecule has 4 aromatic rings. The van der Waals surface area contributed by atoms with Gasteiger partial charge in [0.25, 0.3) is 0 Å². The van der Waals surface area contributed by atoms with Crippen molar-refractivity contribution in [3.63, 3.8) is 0 Å². The number of rotatable bonds is 2. The SMILES string of the molecule is Cn1c(=O)n(C2CC[N+](C)(C)CC2)c2nccc(-c3ccc4ccccc4c3)c21. The summed E-state index contributed by atoms with van der Waals surface area (Å²) in [5.41, 5.74) is 3.95. The lowest BCUT2D eigenvalue weighted by atomic mass is 10.0. The van der Waals surface area contributed by atoms with Gasteiger partial charge in [0.05, 0.1) is 38.7 Å². The van der Waals surface area contributed by atoms with Gasteiger partial charge in [0.1, 0.15) is 0 Å². The van der Waals surface area contributed by atoms with E-state index in [1.807, 2.05) is 23.9 Å². The highest BCUT2D eigenvalue weighted by atomic mass is 16.1. The second kappa shape index (κ2) is 6.56. The fourth-order valence-electron chi connectivity index (χ4n) is 4.73. The Morgan fingerprint density at radius 2 is 1.72 bits per heavy atom. The molecule has 1 aliphatic heterocycles. The second-order valence-electron chi connectivity index (χ2n) is 8.92. The molecule has 0 unspecified atom stereocenters. The van der Waals surface area contributed by atoms with Crippen molar-refractivity contribution in [2.75, 3.05) is 27.2 Å². The van der Waals surface area contributed by atoms with E-state index in [0.717, 1.165) is 52.7 Å². The molecule has 2 aromatic carbocycles. The van der Waals surface area contributed by atoms with Crippen molar-refractivity contribution in [1.29, 1.82) is 0 Å². The van der Waals surface area contributed by atoms with Crippen molar-refractivity contribution >= 4 is 21.9 Å². The van der Waals surface area contributed by atoms with Crippen LogP contribution in [-0.2, 0) is 7.05 Å². The molecule has 0 radical (unpaired) electrons. The summed E-state index contributed by atoms with van der Waals surface area (Å²) in [7, 11) is 6.40. The number of imidazole rings is 1. The van der Waals surface area contributed by atoms with E-state index in [2.05, 4.69) is 61.5 Å². The van der Waals surface area contributed by atoms with Crippen LogP contribution in [0.15, 0.2) is 59.5 Å². The molecule has 5 rings (SSSR count). The van der Waals surface area contributed by atoms with Crippen LogP contribution in [0.5, 0.6) is 0 Å². The van der Waals surface area contributed by atoms with Crippen molar-refractivity contribution in [2.24, 2.45) is 7.05 Å². The average molecular weight is 388 g/mol. The number of benzene rings is 2. The van der Waals surface area contributed by atoms with E-state index in [9.17, 15) is 4.79 Å². The van der Waals surface area contributed by atoms with Crippen LogP contribution in [-0.4, -0.2) is 45.8 Å². The number of piperidine rings is 1. The topological polar surface area (TPSA) is 39.8 Å². The molecule has 1 saturated heterocycles. The molecule has 5 nitrogen and oxygen atoms in total. The summed E-state index contributed by atoms with van der Waals surface area (Å²) in [4.78, 5) is 17.9. The molecule has 148 valence electrons.